The van der Waals surface area contributed by atoms with E-state index in [-0.39, 0.29) is 11.8 Å². The van der Waals surface area contributed by atoms with E-state index in [2.05, 4.69) is 0 Å². The summed E-state index contributed by atoms with van der Waals surface area (Å²) < 4.78 is 11.6. The van der Waals surface area contributed by atoms with Gasteiger partial charge >= 0.3 is 5.97 Å². The fourth-order valence-electron chi connectivity index (χ4n) is 2.46. The van der Waals surface area contributed by atoms with Crippen LogP contribution in [-0.2, 0) is 4.79 Å². The highest BCUT2D eigenvalue weighted by atomic mass is 35.5. The van der Waals surface area contributed by atoms with Crippen LogP contribution in [0.4, 0.5) is 0 Å². The monoisotopic (exact) mass is 311 g/mol. The predicted molar refractivity (Wildman–Crippen MR) is 77.9 cm³/mol. The maximum atomic E-state index is 10.6. The summed E-state index contributed by atoms with van der Waals surface area (Å²) >= 11 is 6.25. The van der Waals surface area contributed by atoms with Gasteiger partial charge < -0.3 is 20.3 Å². The molecule has 1 spiro atoms. The first-order chi connectivity index (χ1) is 9.99. The van der Waals surface area contributed by atoms with Crippen LogP contribution in [0.25, 0.3) is 0 Å². The summed E-state index contributed by atoms with van der Waals surface area (Å²) in [6.07, 6.45) is 2.59. The molecule has 114 valence electrons. The Morgan fingerprint density at radius 1 is 1.33 bits per heavy atom. The van der Waals surface area contributed by atoms with Crippen LogP contribution in [-0.4, -0.2) is 24.3 Å². The molecule has 2 aliphatic rings. The molecular weight excluding hydrogens is 294 g/mol. The molecule has 0 bridgehead atoms. The molecule has 0 radical (unpaired) electrons. The second kappa shape index (κ2) is 5.39. The Bertz CT molecular complexity index is 571. The van der Waals surface area contributed by atoms with E-state index >= 15 is 0 Å². The Balaban J connectivity index is 1.80. The van der Waals surface area contributed by atoms with E-state index in [4.69, 9.17) is 31.9 Å². The van der Waals surface area contributed by atoms with E-state index in [0.717, 1.165) is 12.8 Å². The molecule has 6 heteroatoms. The lowest BCUT2D eigenvalue weighted by Crippen LogP contribution is -2.17. The Hall–Kier alpha value is -1.46. The summed E-state index contributed by atoms with van der Waals surface area (Å²) in [4.78, 5) is 10.6. The fourth-order valence-corrected chi connectivity index (χ4v) is 2.76. The molecule has 1 saturated carbocycles. The SMILES string of the molecule is NC(CCC(=O)O)c1cc2c(cc1Cl)OCC1(CC1)CO2. The Labute approximate surface area is 128 Å². The molecule has 0 saturated heterocycles. The van der Waals surface area contributed by atoms with E-state index in [9.17, 15) is 4.79 Å². The van der Waals surface area contributed by atoms with Crippen molar-refractivity contribution in [2.24, 2.45) is 11.1 Å². The van der Waals surface area contributed by atoms with Crippen molar-refractivity contribution in [1.29, 1.82) is 0 Å². The number of rotatable bonds is 4. The van der Waals surface area contributed by atoms with Gasteiger partial charge in [0, 0.05) is 29.0 Å². The van der Waals surface area contributed by atoms with Crippen molar-refractivity contribution in [3.8, 4) is 11.5 Å². The molecule has 1 atom stereocenters. The second-order valence-electron chi connectivity index (χ2n) is 5.94. The number of ether oxygens (including phenoxy) is 2. The van der Waals surface area contributed by atoms with Crippen LogP contribution < -0.4 is 15.2 Å². The van der Waals surface area contributed by atoms with Crippen molar-refractivity contribution >= 4 is 17.6 Å². The van der Waals surface area contributed by atoms with Gasteiger partial charge in [-0.3, -0.25) is 4.79 Å². The molecule has 1 aliphatic carbocycles. The number of carboxylic acids is 1. The van der Waals surface area contributed by atoms with Gasteiger partial charge in [-0.1, -0.05) is 11.6 Å². The van der Waals surface area contributed by atoms with Gasteiger partial charge in [-0.25, -0.2) is 0 Å². The summed E-state index contributed by atoms with van der Waals surface area (Å²) in [5.41, 5.74) is 6.90. The lowest BCUT2D eigenvalue weighted by atomic mass is 10.0. The van der Waals surface area contributed by atoms with Crippen molar-refractivity contribution in [1.82, 2.24) is 0 Å². The zero-order valence-electron chi connectivity index (χ0n) is 11.6. The van der Waals surface area contributed by atoms with Crippen LogP contribution in [0.3, 0.4) is 0 Å². The molecule has 3 rings (SSSR count). The molecular formula is C15H18ClNO4. The van der Waals surface area contributed by atoms with Crippen molar-refractivity contribution in [2.75, 3.05) is 13.2 Å². The van der Waals surface area contributed by atoms with Crippen molar-refractivity contribution in [3.63, 3.8) is 0 Å². The zero-order valence-corrected chi connectivity index (χ0v) is 12.4. The number of nitrogens with two attached hydrogens (primary N) is 1. The Kier molecular flexibility index (Phi) is 3.71. The highest BCUT2D eigenvalue weighted by molar-refractivity contribution is 6.31. The van der Waals surface area contributed by atoms with Gasteiger partial charge in [0.15, 0.2) is 11.5 Å². The number of hydrogen-bond acceptors (Lipinski definition) is 4. The summed E-state index contributed by atoms with van der Waals surface area (Å²) in [5.74, 6) is 0.411. The fraction of sp³-hybridized carbons (Fsp3) is 0.533. The summed E-state index contributed by atoms with van der Waals surface area (Å²) in [5, 5.41) is 9.23. The third-order valence-corrected chi connectivity index (χ3v) is 4.48. The summed E-state index contributed by atoms with van der Waals surface area (Å²) in [6, 6.07) is 3.07. The first-order valence-electron chi connectivity index (χ1n) is 7.06. The molecule has 1 aliphatic heterocycles. The van der Waals surface area contributed by atoms with Crippen LogP contribution >= 0.6 is 11.6 Å². The average molecular weight is 312 g/mol. The highest BCUT2D eigenvalue weighted by Gasteiger charge is 2.46. The lowest BCUT2D eigenvalue weighted by Gasteiger charge is -2.16. The van der Waals surface area contributed by atoms with Crippen LogP contribution in [0.1, 0.15) is 37.3 Å². The first kappa shape index (κ1) is 14.5. The standard InChI is InChI=1S/C15H18ClNO4/c16-10-6-13-12(20-7-15(3-4-15)8-21-13)5-9(10)11(17)1-2-14(18)19/h5-6,11H,1-4,7-8,17H2,(H,18,19). The molecule has 1 aromatic rings. The van der Waals surface area contributed by atoms with Crippen molar-refractivity contribution in [2.45, 2.75) is 31.7 Å². The lowest BCUT2D eigenvalue weighted by molar-refractivity contribution is -0.137. The predicted octanol–water partition coefficient (Wildman–Crippen LogP) is 2.76. The Morgan fingerprint density at radius 2 is 1.95 bits per heavy atom. The average Bonchev–Trinajstić information content (AvgIpc) is 3.23. The minimum absolute atomic E-state index is 0.00898. The molecule has 3 N–H and O–H groups in total. The smallest absolute Gasteiger partial charge is 0.303 e. The van der Waals surface area contributed by atoms with Gasteiger partial charge in [-0.05, 0) is 30.9 Å². The first-order valence-corrected chi connectivity index (χ1v) is 7.43. The molecule has 1 fully saturated rings. The Morgan fingerprint density at radius 3 is 2.52 bits per heavy atom. The number of halogens is 1. The number of carboxylic acid groups (broad SMARTS) is 1. The van der Waals surface area contributed by atoms with Crippen molar-refractivity contribution < 1.29 is 19.4 Å². The topological polar surface area (TPSA) is 81.8 Å². The molecule has 1 unspecified atom stereocenters. The van der Waals surface area contributed by atoms with Gasteiger partial charge in [-0.15, -0.1) is 0 Å². The van der Waals surface area contributed by atoms with E-state index < -0.39 is 12.0 Å². The molecule has 1 aromatic carbocycles. The normalized spacial score (nSPS) is 19.9. The van der Waals surface area contributed by atoms with E-state index in [1.165, 1.54) is 0 Å². The highest BCUT2D eigenvalue weighted by Crippen LogP contribution is 2.49. The zero-order chi connectivity index (χ0) is 15.0. The van der Waals surface area contributed by atoms with E-state index in [1.807, 2.05) is 0 Å². The van der Waals surface area contributed by atoms with Gasteiger partial charge in [0.25, 0.3) is 0 Å². The summed E-state index contributed by atoms with van der Waals surface area (Å²) in [7, 11) is 0. The molecule has 0 amide bonds. The minimum Gasteiger partial charge on any atom is -0.489 e. The number of benzene rings is 1. The maximum Gasteiger partial charge on any atom is 0.303 e. The number of hydrogen-bond donors (Lipinski definition) is 2. The number of aliphatic carboxylic acids is 1. The quantitative estimate of drug-likeness (QED) is 0.893. The van der Waals surface area contributed by atoms with Gasteiger partial charge in [0.2, 0.25) is 0 Å². The molecule has 5 nitrogen and oxygen atoms in total. The maximum absolute atomic E-state index is 10.6. The summed E-state index contributed by atoms with van der Waals surface area (Å²) in [6.45, 7) is 1.30. The van der Waals surface area contributed by atoms with Crippen LogP contribution in [0, 0.1) is 5.41 Å². The van der Waals surface area contributed by atoms with Gasteiger partial charge in [0.1, 0.15) is 0 Å². The van der Waals surface area contributed by atoms with E-state index in [1.54, 1.807) is 12.1 Å². The van der Waals surface area contributed by atoms with Crippen molar-refractivity contribution in [3.05, 3.63) is 22.7 Å². The molecule has 1 heterocycles. The second-order valence-corrected chi connectivity index (χ2v) is 6.34. The largest absolute Gasteiger partial charge is 0.489 e. The molecule has 21 heavy (non-hydrogen) atoms. The third kappa shape index (κ3) is 3.09. The number of fused-ring (bicyclic) bond motifs is 1. The number of carbonyl (C=O) groups is 1. The third-order valence-electron chi connectivity index (χ3n) is 4.16. The van der Waals surface area contributed by atoms with Gasteiger partial charge in [0.05, 0.1) is 13.2 Å². The van der Waals surface area contributed by atoms with Crippen LogP contribution in [0.2, 0.25) is 5.02 Å². The van der Waals surface area contributed by atoms with Crippen LogP contribution in [0.5, 0.6) is 11.5 Å². The minimum atomic E-state index is -0.869. The van der Waals surface area contributed by atoms with Gasteiger partial charge in [-0.2, -0.15) is 0 Å². The van der Waals surface area contributed by atoms with E-state index in [0.29, 0.717) is 41.7 Å². The molecule has 0 aromatic heterocycles. The van der Waals surface area contributed by atoms with Crippen LogP contribution in [0.15, 0.2) is 12.1 Å².